The average molecular weight is 325 g/mol. The van der Waals surface area contributed by atoms with Gasteiger partial charge in [0.1, 0.15) is 5.75 Å². The molecule has 124 valence electrons. The Balaban J connectivity index is 1.94. The topological polar surface area (TPSA) is 15.7 Å². The molecule has 1 aromatic carbocycles. The summed E-state index contributed by atoms with van der Waals surface area (Å²) in [4.78, 5) is 5.12. The summed E-state index contributed by atoms with van der Waals surface area (Å²) in [5.74, 6) is 1.42. The number of halogens is 1. The van der Waals surface area contributed by atoms with Crippen LogP contribution in [0.15, 0.2) is 18.2 Å². The van der Waals surface area contributed by atoms with Crippen LogP contribution in [0.2, 0.25) is 5.02 Å². The van der Waals surface area contributed by atoms with Crippen LogP contribution < -0.4 is 4.74 Å². The number of methoxy groups -OCH3 is 1. The summed E-state index contributed by atoms with van der Waals surface area (Å²) < 4.78 is 5.23. The van der Waals surface area contributed by atoms with Gasteiger partial charge < -0.3 is 9.64 Å². The fourth-order valence-corrected chi connectivity index (χ4v) is 3.39. The van der Waals surface area contributed by atoms with Crippen LogP contribution in [0.4, 0.5) is 0 Å². The van der Waals surface area contributed by atoms with E-state index in [1.807, 2.05) is 12.1 Å². The highest BCUT2D eigenvalue weighted by molar-refractivity contribution is 6.32. The van der Waals surface area contributed by atoms with Crippen LogP contribution in [0.5, 0.6) is 5.75 Å². The largest absolute Gasteiger partial charge is 0.495 e. The molecule has 0 aromatic heterocycles. The molecule has 1 saturated heterocycles. The molecule has 0 bridgehead atoms. The van der Waals surface area contributed by atoms with Gasteiger partial charge in [-0.2, -0.15) is 0 Å². The summed E-state index contributed by atoms with van der Waals surface area (Å²) in [6.07, 6.45) is 2.72. The van der Waals surface area contributed by atoms with Crippen LogP contribution in [0.25, 0.3) is 0 Å². The molecule has 0 saturated carbocycles. The van der Waals surface area contributed by atoms with Crippen molar-refractivity contribution in [3.8, 4) is 5.75 Å². The third-order valence-corrected chi connectivity index (χ3v) is 4.47. The van der Waals surface area contributed by atoms with Gasteiger partial charge in [-0.15, -0.1) is 0 Å². The van der Waals surface area contributed by atoms with Crippen LogP contribution in [0, 0.1) is 5.92 Å². The maximum atomic E-state index is 6.25. The van der Waals surface area contributed by atoms with Crippen LogP contribution in [0.1, 0.15) is 32.3 Å². The lowest BCUT2D eigenvalue weighted by Gasteiger charge is -2.27. The predicted molar refractivity (Wildman–Crippen MR) is 93.8 cm³/mol. The molecule has 0 N–H and O–H groups in total. The SMILES string of the molecule is COc1ccc(CN(CCN2CCCC2)CC(C)C)cc1Cl. The predicted octanol–water partition coefficient (Wildman–Crippen LogP) is 3.90. The van der Waals surface area contributed by atoms with E-state index >= 15 is 0 Å². The molecule has 2 rings (SSSR count). The van der Waals surface area contributed by atoms with Gasteiger partial charge in [0.2, 0.25) is 0 Å². The first-order valence-electron chi connectivity index (χ1n) is 8.35. The van der Waals surface area contributed by atoms with Gasteiger partial charge in [0, 0.05) is 26.2 Å². The molecular formula is C18H29ClN2O. The summed E-state index contributed by atoms with van der Waals surface area (Å²) in [6.45, 7) is 11.5. The van der Waals surface area contributed by atoms with Crippen LogP contribution in [-0.4, -0.2) is 49.6 Å². The van der Waals surface area contributed by atoms with E-state index in [2.05, 4.69) is 29.7 Å². The number of hydrogen-bond acceptors (Lipinski definition) is 3. The number of nitrogens with zero attached hydrogens (tertiary/aromatic N) is 2. The molecule has 1 fully saturated rings. The van der Waals surface area contributed by atoms with Crippen molar-refractivity contribution in [3.63, 3.8) is 0 Å². The molecule has 4 heteroatoms. The fourth-order valence-electron chi connectivity index (χ4n) is 3.11. The maximum Gasteiger partial charge on any atom is 0.137 e. The summed E-state index contributed by atoms with van der Waals surface area (Å²) >= 11 is 6.25. The summed E-state index contributed by atoms with van der Waals surface area (Å²) in [5, 5.41) is 0.698. The second kappa shape index (κ2) is 8.76. The highest BCUT2D eigenvalue weighted by Crippen LogP contribution is 2.25. The van der Waals surface area contributed by atoms with Crippen LogP contribution >= 0.6 is 11.6 Å². The maximum absolute atomic E-state index is 6.25. The van der Waals surface area contributed by atoms with Crippen LogP contribution in [0.3, 0.4) is 0 Å². The molecule has 1 aromatic rings. The highest BCUT2D eigenvalue weighted by Gasteiger charge is 2.15. The molecule has 0 spiro atoms. The van der Waals surface area contributed by atoms with E-state index < -0.39 is 0 Å². The molecule has 0 radical (unpaired) electrons. The molecule has 0 amide bonds. The van der Waals surface area contributed by atoms with Crippen molar-refractivity contribution in [1.82, 2.24) is 9.80 Å². The monoisotopic (exact) mass is 324 g/mol. The van der Waals surface area contributed by atoms with Crippen molar-refractivity contribution < 1.29 is 4.74 Å². The Hall–Kier alpha value is -0.770. The van der Waals surface area contributed by atoms with Crippen molar-refractivity contribution in [2.24, 2.45) is 5.92 Å². The molecular weight excluding hydrogens is 296 g/mol. The van der Waals surface area contributed by atoms with Crippen molar-refractivity contribution in [1.29, 1.82) is 0 Å². The Morgan fingerprint density at radius 1 is 1.27 bits per heavy atom. The minimum Gasteiger partial charge on any atom is -0.495 e. The van der Waals surface area contributed by atoms with Gasteiger partial charge in [-0.1, -0.05) is 31.5 Å². The first kappa shape index (κ1) is 17.6. The first-order chi connectivity index (χ1) is 10.6. The molecule has 0 atom stereocenters. The zero-order valence-corrected chi connectivity index (χ0v) is 14.9. The van der Waals surface area contributed by atoms with E-state index in [-0.39, 0.29) is 0 Å². The highest BCUT2D eigenvalue weighted by atomic mass is 35.5. The summed E-state index contributed by atoms with van der Waals surface area (Å²) in [6, 6.07) is 6.11. The third-order valence-electron chi connectivity index (χ3n) is 4.18. The van der Waals surface area contributed by atoms with E-state index in [0.29, 0.717) is 10.9 Å². The number of likely N-dealkylation sites (tertiary alicyclic amines) is 1. The van der Waals surface area contributed by atoms with Gasteiger partial charge >= 0.3 is 0 Å². The van der Waals surface area contributed by atoms with Gasteiger partial charge in [0.15, 0.2) is 0 Å². The zero-order valence-electron chi connectivity index (χ0n) is 14.1. The second-order valence-electron chi connectivity index (χ2n) is 6.65. The third kappa shape index (κ3) is 5.45. The number of rotatable bonds is 8. The van der Waals surface area contributed by atoms with Crippen LogP contribution in [-0.2, 0) is 6.54 Å². The van der Waals surface area contributed by atoms with E-state index in [1.54, 1.807) is 7.11 Å². The van der Waals surface area contributed by atoms with E-state index in [0.717, 1.165) is 25.4 Å². The lowest BCUT2D eigenvalue weighted by molar-refractivity contribution is 0.200. The zero-order chi connectivity index (χ0) is 15.9. The normalized spacial score (nSPS) is 15.9. The Kier molecular flexibility index (Phi) is 7.00. The van der Waals surface area contributed by atoms with Gasteiger partial charge in [-0.25, -0.2) is 0 Å². The number of hydrogen-bond donors (Lipinski definition) is 0. The van der Waals surface area contributed by atoms with Gasteiger partial charge in [-0.3, -0.25) is 4.90 Å². The van der Waals surface area contributed by atoms with Gasteiger partial charge in [-0.05, 0) is 49.5 Å². The van der Waals surface area contributed by atoms with Crippen molar-refractivity contribution >= 4 is 11.6 Å². The standard InChI is InChI=1S/C18H29ClN2O/c1-15(2)13-21(11-10-20-8-4-5-9-20)14-16-6-7-18(22-3)17(19)12-16/h6-7,12,15H,4-5,8-11,13-14H2,1-3H3. The van der Waals surface area contributed by atoms with Gasteiger partial charge in [0.05, 0.1) is 12.1 Å². The summed E-state index contributed by atoms with van der Waals surface area (Å²) in [7, 11) is 1.65. The van der Waals surface area contributed by atoms with Crippen molar-refractivity contribution in [3.05, 3.63) is 28.8 Å². The minimum atomic E-state index is 0.673. The molecule has 0 aliphatic carbocycles. The average Bonchev–Trinajstić information content (AvgIpc) is 2.98. The van der Waals surface area contributed by atoms with Gasteiger partial charge in [0.25, 0.3) is 0 Å². The number of ether oxygens (including phenoxy) is 1. The Labute approximate surface area is 140 Å². The quantitative estimate of drug-likeness (QED) is 0.721. The lowest BCUT2D eigenvalue weighted by atomic mass is 10.1. The Morgan fingerprint density at radius 3 is 2.59 bits per heavy atom. The smallest absolute Gasteiger partial charge is 0.137 e. The Morgan fingerprint density at radius 2 is 2.00 bits per heavy atom. The molecule has 3 nitrogen and oxygen atoms in total. The van der Waals surface area contributed by atoms with E-state index in [4.69, 9.17) is 16.3 Å². The lowest BCUT2D eigenvalue weighted by Crippen LogP contribution is -2.35. The molecule has 1 aliphatic heterocycles. The first-order valence-corrected chi connectivity index (χ1v) is 8.73. The molecule has 0 unspecified atom stereocenters. The van der Waals surface area contributed by atoms with Crippen molar-refractivity contribution in [2.75, 3.05) is 39.8 Å². The molecule has 22 heavy (non-hydrogen) atoms. The number of benzene rings is 1. The molecule has 1 heterocycles. The molecule has 1 aliphatic rings. The van der Waals surface area contributed by atoms with Crippen molar-refractivity contribution in [2.45, 2.75) is 33.2 Å². The second-order valence-corrected chi connectivity index (χ2v) is 7.05. The van der Waals surface area contributed by atoms with E-state index in [9.17, 15) is 0 Å². The summed E-state index contributed by atoms with van der Waals surface area (Å²) in [5.41, 5.74) is 1.26. The fraction of sp³-hybridized carbons (Fsp3) is 0.667. The van der Waals surface area contributed by atoms with E-state index in [1.165, 1.54) is 38.0 Å². The Bertz CT molecular complexity index is 458. The minimum absolute atomic E-state index is 0.673.